The Balaban J connectivity index is 1.45. The summed E-state index contributed by atoms with van der Waals surface area (Å²) in [5.41, 5.74) is 0.334. The molecule has 0 radical (unpaired) electrons. The highest BCUT2D eigenvalue weighted by molar-refractivity contribution is 5.88. The van der Waals surface area contributed by atoms with Gasteiger partial charge in [0.2, 0.25) is 18.6 Å². The zero-order valence-corrected chi connectivity index (χ0v) is 16.4. The van der Waals surface area contributed by atoms with E-state index in [4.69, 9.17) is 14.2 Å². The summed E-state index contributed by atoms with van der Waals surface area (Å²) in [7, 11) is 0. The van der Waals surface area contributed by atoms with Crippen LogP contribution in [0.25, 0.3) is 0 Å². The molecule has 1 saturated carbocycles. The lowest BCUT2D eigenvalue weighted by Gasteiger charge is -2.41. The predicted octanol–water partition coefficient (Wildman–Crippen LogP) is 2.72. The van der Waals surface area contributed by atoms with E-state index < -0.39 is 11.8 Å². The van der Waals surface area contributed by atoms with Crippen LogP contribution in [0.4, 0.5) is 0 Å². The summed E-state index contributed by atoms with van der Waals surface area (Å²) in [4.78, 5) is 27.6. The van der Waals surface area contributed by atoms with Crippen LogP contribution in [0.3, 0.4) is 0 Å². The van der Waals surface area contributed by atoms with E-state index in [2.05, 4.69) is 5.32 Å². The van der Waals surface area contributed by atoms with Crippen molar-refractivity contribution in [2.24, 2.45) is 0 Å². The molecular formula is C21H28N2O5. The number of benzene rings is 1. The molecule has 4 rings (SSSR count). The minimum Gasteiger partial charge on any atom is -0.454 e. The van der Waals surface area contributed by atoms with Gasteiger partial charge in [-0.15, -0.1) is 0 Å². The molecule has 1 saturated heterocycles. The number of hydrogen-bond donors (Lipinski definition) is 1. The third-order valence-electron chi connectivity index (χ3n) is 5.83. The number of ether oxygens (including phenoxy) is 3. The van der Waals surface area contributed by atoms with Crippen molar-refractivity contribution in [3.05, 3.63) is 23.8 Å². The van der Waals surface area contributed by atoms with E-state index in [1.54, 1.807) is 4.90 Å². The quantitative estimate of drug-likeness (QED) is 0.839. The Morgan fingerprint density at radius 2 is 1.96 bits per heavy atom. The van der Waals surface area contributed by atoms with Crippen molar-refractivity contribution in [2.75, 3.05) is 13.4 Å². The Morgan fingerprint density at radius 3 is 2.75 bits per heavy atom. The van der Waals surface area contributed by atoms with Gasteiger partial charge in [-0.1, -0.05) is 19.4 Å². The summed E-state index contributed by atoms with van der Waals surface area (Å²) in [5.74, 6) is 1.27. The van der Waals surface area contributed by atoms with E-state index in [0.717, 1.165) is 49.8 Å². The Bertz CT molecular complexity index is 744. The molecule has 1 aliphatic carbocycles. The maximum atomic E-state index is 13.0. The van der Waals surface area contributed by atoms with Crippen molar-refractivity contribution >= 4 is 11.8 Å². The molecule has 2 aliphatic heterocycles. The van der Waals surface area contributed by atoms with E-state index >= 15 is 0 Å². The van der Waals surface area contributed by atoms with E-state index in [1.807, 2.05) is 25.1 Å². The van der Waals surface area contributed by atoms with Crippen LogP contribution >= 0.6 is 0 Å². The van der Waals surface area contributed by atoms with Crippen molar-refractivity contribution in [3.63, 3.8) is 0 Å². The highest BCUT2D eigenvalue weighted by Gasteiger charge is 2.52. The van der Waals surface area contributed by atoms with Crippen LogP contribution in [0.15, 0.2) is 18.2 Å². The molecule has 2 amide bonds. The standard InChI is InChI=1S/C21H28N2O5/c1-2-6-19(24)23-16(13-28-21(23)9-4-3-5-10-21)20(25)22-12-15-7-8-17-18(11-15)27-14-26-17/h7-8,11,16H,2-6,9-10,12-14H2,1H3,(H,22,25)/t16-/m1/s1. The Kier molecular flexibility index (Phi) is 5.44. The molecule has 1 aromatic rings. The van der Waals surface area contributed by atoms with Crippen LogP contribution in [0.1, 0.15) is 57.4 Å². The zero-order valence-electron chi connectivity index (χ0n) is 16.4. The van der Waals surface area contributed by atoms with Crippen molar-refractivity contribution in [1.82, 2.24) is 10.2 Å². The van der Waals surface area contributed by atoms with Crippen LogP contribution in [0.5, 0.6) is 11.5 Å². The SMILES string of the molecule is CCCC(=O)N1[C@@H](C(=O)NCc2ccc3c(c2)OCO3)COC12CCCCC2. The molecule has 1 aromatic carbocycles. The number of amides is 2. The molecule has 3 aliphatic rings. The summed E-state index contributed by atoms with van der Waals surface area (Å²) >= 11 is 0. The van der Waals surface area contributed by atoms with Crippen LogP contribution < -0.4 is 14.8 Å². The summed E-state index contributed by atoms with van der Waals surface area (Å²) in [6.07, 6.45) is 6.04. The second kappa shape index (κ2) is 7.99. The average Bonchev–Trinajstić information content (AvgIpc) is 3.31. The van der Waals surface area contributed by atoms with Crippen molar-refractivity contribution < 1.29 is 23.8 Å². The third-order valence-corrected chi connectivity index (χ3v) is 5.83. The maximum Gasteiger partial charge on any atom is 0.245 e. The monoisotopic (exact) mass is 388 g/mol. The Labute approximate surface area is 165 Å². The number of carbonyl (C=O) groups excluding carboxylic acids is 2. The van der Waals surface area contributed by atoms with Gasteiger partial charge in [-0.25, -0.2) is 0 Å². The van der Waals surface area contributed by atoms with E-state index in [-0.39, 0.29) is 25.2 Å². The maximum absolute atomic E-state index is 13.0. The van der Waals surface area contributed by atoms with Crippen molar-refractivity contribution in [3.8, 4) is 11.5 Å². The minimum absolute atomic E-state index is 0.0186. The van der Waals surface area contributed by atoms with Gasteiger partial charge in [0.15, 0.2) is 11.5 Å². The first-order chi connectivity index (χ1) is 13.6. The molecule has 0 aromatic heterocycles. The van der Waals surface area contributed by atoms with Crippen molar-refractivity contribution in [2.45, 2.75) is 70.2 Å². The normalized spacial score (nSPS) is 22.5. The molecule has 0 bridgehead atoms. The summed E-state index contributed by atoms with van der Waals surface area (Å²) in [6, 6.07) is 5.06. The van der Waals surface area contributed by atoms with Gasteiger partial charge < -0.3 is 19.5 Å². The largest absolute Gasteiger partial charge is 0.454 e. The second-order valence-corrected chi connectivity index (χ2v) is 7.75. The van der Waals surface area contributed by atoms with Crippen molar-refractivity contribution in [1.29, 1.82) is 0 Å². The fraction of sp³-hybridized carbons (Fsp3) is 0.619. The Hall–Kier alpha value is -2.28. The Morgan fingerprint density at radius 1 is 1.18 bits per heavy atom. The highest BCUT2D eigenvalue weighted by atomic mass is 16.7. The first kappa shape index (κ1) is 19.1. The number of hydrogen-bond acceptors (Lipinski definition) is 5. The van der Waals surface area contributed by atoms with Gasteiger partial charge in [-0.05, 0) is 49.8 Å². The minimum atomic E-state index is -0.592. The van der Waals surface area contributed by atoms with Gasteiger partial charge >= 0.3 is 0 Å². The lowest BCUT2D eigenvalue weighted by atomic mass is 9.90. The van der Waals surface area contributed by atoms with Gasteiger partial charge in [0, 0.05) is 13.0 Å². The van der Waals surface area contributed by atoms with Gasteiger partial charge in [0.1, 0.15) is 11.8 Å². The first-order valence-corrected chi connectivity index (χ1v) is 10.3. The van der Waals surface area contributed by atoms with Gasteiger partial charge in [0.05, 0.1) is 6.61 Å². The van der Waals surface area contributed by atoms with E-state index in [0.29, 0.717) is 18.7 Å². The van der Waals surface area contributed by atoms with E-state index in [9.17, 15) is 9.59 Å². The number of carbonyl (C=O) groups is 2. The fourth-order valence-corrected chi connectivity index (χ4v) is 4.44. The molecule has 2 fully saturated rings. The smallest absolute Gasteiger partial charge is 0.245 e. The second-order valence-electron chi connectivity index (χ2n) is 7.75. The van der Waals surface area contributed by atoms with Crippen LogP contribution in [0, 0.1) is 0 Å². The molecule has 7 nitrogen and oxygen atoms in total. The van der Waals surface area contributed by atoms with Gasteiger partial charge in [-0.2, -0.15) is 0 Å². The van der Waals surface area contributed by atoms with Crippen LogP contribution in [0.2, 0.25) is 0 Å². The lowest BCUT2D eigenvalue weighted by Crippen LogP contribution is -2.56. The van der Waals surface area contributed by atoms with Gasteiger partial charge in [0.25, 0.3) is 0 Å². The third kappa shape index (κ3) is 3.55. The molecular weight excluding hydrogens is 360 g/mol. The summed E-state index contributed by atoms with van der Waals surface area (Å²) in [5, 5.41) is 2.97. The number of fused-ring (bicyclic) bond motifs is 1. The van der Waals surface area contributed by atoms with Crippen LogP contribution in [-0.2, 0) is 20.9 Å². The van der Waals surface area contributed by atoms with E-state index in [1.165, 1.54) is 0 Å². The first-order valence-electron chi connectivity index (χ1n) is 10.3. The topological polar surface area (TPSA) is 77.1 Å². The van der Waals surface area contributed by atoms with Gasteiger partial charge in [-0.3, -0.25) is 14.5 Å². The predicted molar refractivity (Wildman–Crippen MR) is 102 cm³/mol. The summed E-state index contributed by atoms with van der Waals surface area (Å²) in [6.45, 7) is 2.84. The number of nitrogens with zero attached hydrogens (tertiary/aromatic N) is 1. The zero-order chi connectivity index (χ0) is 19.6. The molecule has 1 spiro atoms. The number of nitrogens with one attached hydrogen (secondary N) is 1. The van der Waals surface area contributed by atoms with Crippen LogP contribution in [-0.4, -0.2) is 41.9 Å². The molecule has 152 valence electrons. The molecule has 1 atom stereocenters. The average molecular weight is 388 g/mol. The molecule has 2 heterocycles. The number of rotatable bonds is 5. The molecule has 0 unspecified atom stereocenters. The molecule has 28 heavy (non-hydrogen) atoms. The lowest BCUT2D eigenvalue weighted by molar-refractivity contribution is -0.160. The summed E-state index contributed by atoms with van der Waals surface area (Å²) < 4.78 is 16.8. The molecule has 7 heteroatoms. The highest BCUT2D eigenvalue weighted by Crippen LogP contribution is 2.41. The molecule has 1 N–H and O–H groups in total. The fourth-order valence-electron chi connectivity index (χ4n) is 4.44.